The summed E-state index contributed by atoms with van der Waals surface area (Å²) in [6.07, 6.45) is 5.90. The maximum atomic E-state index is 12.6. The number of carbonyl (C=O) groups is 1. The van der Waals surface area contributed by atoms with Crippen molar-refractivity contribution in [1.29, 1.82) is 0 Å². The number of carbonyl (C=O) groups excluding carboxylic acids is 1. The van der Waals surface area contributed by atoms with Crippen molar-refractivity contribution in [3.63, 3.8) is 0 Å². The van der Waals surface area contributed by atoms with Gasteiger partial charge < -0.3 is 15.3 Å². The molecule has 4 nitrogen and oxygen atoms in total. The van der Waals surface area contributed by atoms with Crippen LogP contribution in [-0.2, 0) is 4.79 Å². The summed E-state index contributed by atoms with van der Waals surface area (Å²) in [7, 11) is 0. The van der Waals surface area contributed by atoms with Gasteiger partial charge in [-0.1, -0.05) is 43.2 Å². The number of piperidine rings is 1. The molecule has 1 aromatic rings. The number of amides is 1. The number of halogens is 1. The number of nitrogens with zero attached hydrogens (tertiary/aromatic N) is 1. The lowest BCUT2D eigenvalue weighted by molar-refractivity contribution is -0.143. The van der Waals surface area contributed by atoms with Gasteiger partial charge in [0.15, 0.2) is 0 Å². The molecule has 3 aliphatic rings. The molecule has 1 aliphatic carbocycles. The van der Waals surface area contributed by atoms with Crippen molar-refractivity contribution < 1.29 is 9.90 Å². The summed E-state index contributed by atoms with van der Waals surface area (Å²) in [4.78, 5) is 14.5. The second kappa shape index (κ2) is 7.26. The lowest BCUT2D eigenvalue weighted by Crippen LogP contribution is -2.62. The van der Waals surface area contributed by atoms with Gasteiger partial charge in [0.1, 0.15) is 0 Å². The van der Waals surface area contributed by atoms with E-state index in [4.69, 9.17) is 0 Å². The van der Waals surface area contributed by atoms with Gasteiger partial charge in [0.25, 0.3) is 0 Å². The van der Waals surface area contributed by atoms with Crippen molar-refractivity contribution in [1.82, 2.24) is 10.2 Å². The second-order valence-corrected chi connectivity index (χ2v) is 8.03. The lowest BCUT2D eigenvalue weighted by Gasteiger charge is -2.50. The molecule has 0 bridgehead atoms. The third-order valence-electron chi connectivity index (χ3n) is 6.66. The first-order chi connectivity index (χ1) is 11.6. The highest BCUT2D eigenvalue weighted by molar-refractivity contribution is 5.85. The average molecular weight is 365 g/mol. The third-order valence-corrected chi connectivity index (χ3v) is 6.66. The van der Waals surface area contributed by atoms with Crippen molar-refractivity contribution in [2.75, 3.05) is 26.2 Å². The Morgan fingerprint density at radius 3 is 2.60 bits per heavy atom. The van der Waals surface area contributed by atoms with Crippen LogP contribution in [0.25, 0.3) is 0 Å². The molecule has 1 amide bonds. The first-order valence-corrected chi connectivity index (χ1v) is 9.38. The molecule has 0 aromatic heterocycles. The van der Waals surface area contributed by atoms with E-state index in [1.807, 2.05) is 23.1 Å². The lowest BCUT2D eigenvalue weighted by atomic mass is 9.66. The second-order valence-electron chi connectivity index (χ2n) is 8.03. The van der Waals surface area contributed by atoms with Gasteiger partial charge >= 0.3 is 0 Å². The zero-order chi connectivity index (χ0) is 16.6. The van der Waals surface area contributed by atoms with E-state index in [0.717, 1.165) is 38.9 Å². The van der Waals surface area contributed by atoms with Gasteiger partial charge in [-0.3, -0.25) is 4.79 Å². The molecule has 3 fully saturated rings. The Morgan fingerprint density at radius 1 is 1.16 bits per heavy atom. The highest BCUT2D eigenvalue weighted by atomic mass is 35.5. The Morgan fingerprint density at radius 2 is 1.88 bits per heavy atom. The summed E-state index contributed by atoms with van der Waals surface area (Å²) in [5.41, 5.74) is 0.480. The van der Waals surface area contributed by atoms with Crippen molar-refractivity contribution in [3.05, 3.63) is 35.9 Å². The van der Waals surface area contributed by atoms with Gasteiger partial charge in [-0.05, 0) is 31.4 Å². The molecule has 138 valence electrons. The van der Waals surface area contributed by atoms with Crippen LogP contribution >= 0.6 is 12.4 Å². The van der Waals surface area contributed by atoms with Crippen LogP contribution in [-0.4, -0.2) is 47.7 Å². The van der Waals surface area contributed by atoms with E-state index in [1.165, 1.54) is 18.4 Å². The molecule has 4 rings (SSSR count). The summed E-state index contributed by atoms with van der Waals surface area (Å²) in [6.45, 7) is 3.00. The quantitative estimate of drug-likeness (QED) is 0.867. The summed E-state index contributed by atoms with van der Waals surface area (Å²) in [5.74, 6) is 0.465. The number of hydrogen-bond acceptors (Lipinski definition) is 3. The molecule has 2 atom stereocenters. The summed E-state index contributed by atoms with van der Waals surface area (Å²) in [5, 5.41) is 15.0. The predicted octanol–water partition coefficient (Wildman–Crippen LogP) is 2.71. The van der Waals surface area contributed by atoms with E-state index in [2.05, 4.69) is 17.4 Å². The molecule has 2 unspecified atom stereocenters. The predicted molar refractivity (Wildman–Crippen MR) is 101 cm³/mol. The maximum absolute atomic E-state index is 12.6. The highest BCUT2D eigenvalue weighted by Crippen LogP contribution is 2.50. The molecular weight excluding hydrogens is 336 g/mol. The summed E-state index contributed by atoms with van der Waals surface area (Å²) in [6, 6.07) is 10.3. The number of nitrogens with one attached hydrogen (secondary N) is 1. The first-order valence-electron chi connectivity index (χ1n) is 9.38. The number of hydrogen-bond donors (Lipinski definition) is 2. The van der Waals surface area contributed by atoms with Gasteiger partial charge in [-0.25, -0.2) is 0 Å². The van der Waals surface area contributed by atoms with Gasteiger partial charge in [0.2, 0.25) is 5.91 Å². The van der Waals surface area contributed by atoms with Crippen molar-refractivity contribution in [2.45, 2.75) is 50.0 Å². The smallest absolute Gasteiger partial charge is 0.223 e. The van der Waals surface area contributed by atoms with Gasteiger partial charge in [0, 0.05) is 30.8 Å². The van der Waals surface area contributed by atoms with Crippen LogP contribution in [0, 0.1) is 5.41 Å². The van der Waals surface area contributed by atoms with Crippen molar-refractivity contribution in [2.24, 2.45) is 5.41 Å². The molecular formula is C20H29ClN2O2. The van der Waals surface area contributed by atoms with Gasteiger partial charge in [-0.2, -0.15) is 0 Å². The van der Waals surface area contributed by atoms with Crippen LogP contribution in [0.5, 0.6) is 0 Å². The Balaban J connectivity index is 0.00000182. The number of benzene rings is 1. The van der Waals surface area contributed by atoms with Crippen LogP contribution in [0.1, 0.15) is 50.0 Å². The normalized spacial score (nSPS) is 31.3. The molecule has 1 spiro atoms. The van der Waals surface area contributed by atoms with Crippen molar-refractivity contribution in [3.8, 4) is 0 Å². The fraction of sp³-hybridized carbons (Fsp3) is 0.650. The minimum atomic E-state index is -0.726. The zero-order valence-electron chi connectivity index (χ0n) is 14.7. The third kappa shape index (κ3) is 3.32. The van der Waals surface area contributed by atoms with Crippen molar-refractivity contribution >= 4 is 18.3 Å². The Kier molecular flexibility index (Phi) is 5.42. The Labute approximate surface area is 156 Å². The highest BCUT2D eigenvalue weighted by Gasteiger charge is 2.54. The molecule has 1 aromatic carbocycles. The first kappa shape index (κ1) is 18.7. The van der Waals surface area contributed by atoms with E-state index in [1.54, 1.807) is 0 Å². The fourth-order valence-corrected chi connectivity index (χ4v) is 5.18. The number of β-amino-alcohol motifs (C(OH)–C–C–N with tert-alkyl or cyclic N) is 1. The number of rotatable bonds is 3. The van der Waals surface area contributed by atoms with E-state index in [-0.39, 0.29) is 29.6 Å². The molecule has 5 heteroatoms. The minimum absolute atomic E-state index is 0. The maximum Gasteiger partial charge on any atom is 0.223 e. The molecule has 1 saturated carbocycles. The zero-order valence-corrected chi connectivity index (χ0v) is 15.6. The van der Waals surface area contributed by atoms with E-state index < -0.39 is 5.60 Å². The van der Waals surface area contributed by atoms with E-state index >= 15 is 0 Å². The van der Waals surface area contributed by atoms with E-state index in [9.17, 15) is 9.90 Å². The van der Waals surface area contributed by atoms with Crippen LogP contribution in [0.4, 0.5) is 0 Å². The molecule has 0 radical (unpaired) electrons. The summed E-state index contributed by atoms with van der Waals surface area (Å²) < 4.78 is 0. The van der Waals surface area contributed by atoms with Gasteiger partial charge in [0.05, 0.1) is 12.1 Å². The van der Waals surface area contributed by atoms with Crippen LogP contribution in [0.3, 0.4) is 0 Å². The average Bonchev–Trinajstić information content (AvgIpc) is 3.20. The SMILES string of the molecule is Cl.O=C1CC(c2ccccc2)CN1CC1(O)CCNCC12CCCC2. The summed E-state index contributed by atoms with van der Waals surface area (Å²) >= 11 is 0. The number of likely N-dealkylation sites (tertiary alicyclic amines) is 1. The molecule has 2 saturated heterocycles. The topological polar surface area (TPSA) is 52.6 Å². The molecule has 2 aliphatic heterocycles. The Hall–Kier alpha value is -1.10. The molecule has 25 heavy (non-hydrogen) atoms. The number of aliphatic hydroxyl groups is 1. The van der Waals surface area contributed by atoms with Crippen LogP contribution in [0.2, 0.25) is 0 Å². The van der Waals surface area contributed by atoms with E-state index in [0.29, 0.717) is 13.0 Å². The van der Waals surface area contributed by atoms with Crippen LogP contribution < -0.4 is 5.32 Å². The fourth-order valence-electron chi connectivity index (χ4n) is 5.18. The largest absolute Gasteiger partial charge is 0.387 e. The van der Waals surface area contributed by atoms with Crippen LogP contribution in [0.15, 0.2) is 30.3 Å². The Bertz CT molecular complexity index is 603. The monoisotopic (exact) mass is 364 g/mol. The minimum Gasteiger partial charge on any atom is -0.387 e. The standard InChI is InChI=1S/C20H28N2O2.ClH/c23-18-12-17(16-6-2-1-3-7-16)13-22(18)15-20(24)10-11-21-14-19(20)8-4-5-9-19;/h1-3,6-7,17,21,24H,4-5,8-15H2;1H. The molecule has 2 N–H and O–H groups in total. The molecule has 2 heterocycles. The van der Waals surface area contributed by atoms with Gasteiger partial charge in [-0.15, -0.1) is 12.4 Å².